The number of nitrogens with zero attached hydrogens (tertiary/aromatic N) is 3. The van der Waals surface area contributed by atoms with Gasteiger partial charge in [0.2, 0.25) is 5.91 Å². The third-order valence-electron chi connectivity index (χ3n) is 5.62. The Bertz CT molecular complexity index is 823. The monoisotopic (exact) mass is 372 g/mol. The van der Waals surface area contributed by atoms with Gasteiger partial charge in [0.05, 0.1) is 5.69 Å². The number of aromatic nitrogens is 2. The summed E-state index contributed by atoms with van der Waals surface area (Å²) in [5, 5.41) is 0.761. The molecule has 1 unspecified atom stereocenters. The maximum absolute atomic E-state index is 13.0. The second-order valence-electron chi connectivity index (χ2n) is 7.43. The van der Waals surface area contributed by atoms with Crippen molar-refractivity contribution in [2.45, 2.75) is 33.1 Å². The molecule has 0 radical (unpaired) electrons. The molecule has 5 nitrogen and oxygen atoms in total. The minimum absolute atomic E-state index is 0.0850. The molecule has 0 bridgehead atoms. The van der Waals surface area contributed by atoms with Gasteiger partial charge in [-0.2, -0.15) is 0 Å². The van der Waals surface area contributed by atoms with Gasteiger partial charge in [-0.15, -0.1) is 0 Å². The average molecular weight is 373 g/mol. The number of nitrogens with one attached hydrogen (secondary N) is 1. The molecule has 2 heterocycles. The predicted molar refractivity (Wildman–Crippen MR) is 104 cm³/mol. The van der Waals surface area contributed by atoms with E-state index in [9.17, 15) is 4.79 Å². The standard InChI is InChI=1S/C20H25ClN4O/c1-13-3-5-16(21)12-19(13)24-7-9-25(10-8-24)20(26)15-4-6-17-18(11-15)23-14(2)22-17/h3,5,12,15H,4,6-11H2,1-2H3,(H,22,23). The fraction of sp³-hybridized carbons (Fsp3) is 0.500. The largest absolute Gasteiger partial charge is 0.368 e. The molecule has 1 N–H and O–H groups in total. The lowest BCUT2D eigenvalue weighted by Crippen LogP contribution is -2.51. The highest BCUT2D eigenvalue weighted by Gasteiger charge is 2.31. The first kappa shape index (κ1) is 17.4. The Hall–Kier alpha value is -2.01. The third kappa shape index (κ3) is 3.32. The molecule has 1 aliphatic carbocycles. The normalized spacial score (nSPS) is 20.2. The number of fused-ring (bicyclic) bond motifs is 1. The van der Waals surface area contributed by atoms with Crippen LogP contribution < -0.4 is 4.90 Å². The lowest BCUT2D eigenvalue weighted by atomic mass is 9.88. The number of halogens is 1. The zero-order chi connectivity index (χ0) is 18.3. The van der Waals surface area contributed by atoms with Crippen LogP contribution in [0.25, 0.3) is 0 Å². The van der Waals surface area contributed by atoms with Crippen molar-refractivity contribution in [3.05, 3.63) is 46.0 Å². The zero-order valence-corrected chi connectivity index (χ0v) is 16.1. The first-order valence-corrected chi connectivity index (χ1v) is 9.73. The predicted octanol–water partition coefficient (Wildman–Crippen LogP) is 3.13. The number of anilines is 1. The van der Waals surface area contributed by atoms with Gasteiger partial charge in [0, 0.05) is 54.9 Å². The number of aryl methyl sites for hydroxylation is 3. The number of carbonyl (C=O) groups is 1. The maximum atomic E-state index is 13.0. The van der Waals surface area contributed by atoms with Crippen molar-refractivity contribution in [3.63, 3.8) is 0 Å². The number of H-pyrrole nitrogens is 1. The van der Waals surface area contributed by atoms with Crippen molar-refractivity contribution in [1.29, 1.82) is 0 Å². The van der Waals surface area contributed by atoms with Crippen LogP contribution in [-0.2, 0) is 17.6 Å². The van der Waals surface area contributed by atoms with E-state index < -0.39 is 0 Å². The minimum atomic E-state index is 0.0850. The van der Waals surface area contributed by atoms with Gasteiger partial charge in [-0.25, -0.2) is 4.98 Å². The summed E-state index contributed by atoms with van der Waals surface area (Å²) in [6.07, 6.45) is 2.60. The van der Waals surface area contributed by atoms with Gasteiger partial charge in [-0.1, -0.05) is 17.7 Å². The number of imidazole rings is 1. The van der Waals surface area contributed by atoms with Crippen LogP contribution in [0.3, 0.4) is 0 Å². The molecular weight excluding hydrogens is 348 g/mol. The van der Waals surface area contributed by atoms with E-state index in [1.807, 2.05) is 24.0 Å². The second kappa shape index (κ2) is 6.95. The molecule has 1 aliphatic heterocycles. The summed E-state index contributed by atoms with van der Waals surface area (Å²) >= 11 is 6.16. The Morgan fingerprint density at radius 1 is 1.23 bits per heavy atom. The summed E-state index contributed by atoms with van der Waals surface area (Å²) < 4.78 is 0. The van der Waals surface area contributed by atoms with E-state index in [2.05, 4.69) is 27.9 Å². The van der Waals surface area contributed by atoms with Crippen molar-refractivity contribution in [2.24, 2.45) is 5.92 Å². The highest BCUT2D eigenvalue weighted by molar-refractivity contribution is 6.30. The molecule has 2 aliphatic rings. The van der Waals surface area contributed by atoms with E-state index in [1.54, 1.807) is 0 Å². The van der Waals surface area contributed by atoms with Crippen LogP contribution in [0.4, 0.5) is 5.69 Å². The lowest BCUT2D eigenvalue weighted by Gasteiger charge is -2.38. The number of hydrogen-bond donors (Lipinski definition) is 1. The third-order valence-corrected chi connectivity index (χ3v) is 5.85. The first-order chi connectivity index (χ1) is 12.5. The molecule has 6 heteroatoms. The van der Waals surface area contributed by atoms with E-state index in [-0.39, 0.29) is 5.92 Å². The van der Waals surface area contributed by atoms with Crippen molar-refractivity contribution in [2.75, 3.05) is 31.1 Å². The number of amides is 1. The molecule has 0 spiro atoms. The van der Waals surface area contributed by atoms with Crippen molar-refractivity contribution in [1.82, 2.24) is 14.9 Å². The first-order valence-electron chi connectivity index (χ1n) is 9.35. The Kier molecular flexibility index (Phi) is 4.65. The van der Waals surface area contributed by atoms with Gasteiger partial charge in [-0.05, 0) is 44.4 Å². The Morgan fingerprint density at radius 2 is 2.00 bits per heavy atom. The molecule has 26 heavy (non-hydrogen) atoms. The average Bonchev–Trinajstić information content (AvgIpc) is 3.02. The number of aromatic amines is 1. The molecule has 4 rings (SSSR count). The molecule has 1 atom stereocenters. The highest BCUT2D eigenvalue weighted by atomic mass is 35.5. The van der Waals surface area contributed by atoms with Gasteiger partial charge < -0.3 is 14.8 Å². The van der Waals surface area contributed by atoms with Gasteiger partial charge in [0.1, 0.15) is 5.82 Å². The lowest BCUT2D eigenvalue weighted by molar-refractivity contribution is -0.136. The summed E-state index contributed by atoms with van der Waals surface area (Å²) in [5.41, 5.74) is 4.71. The number of benzene rings is 1. The van der Waals surface area contributed by atoms with E-state index in [1.165, 1.54) is 11.3 Å². The van der Waals surface area contributed by atoms with E-state index >= 15 is 0 Å². The highest BCUT2D eigenvalue weighted by Crippen LogP contribution is 2.28. The zero-order valence-electron chi connectivity index (χ0n) is 15.4. The molecule has 1 fully saturated rings. The van der Waals surface area contributed by atoms with Crippen LogP contribution in [0.15, 0.2) is 18.2 Å². The summed E-state index contributed by atoms with van der Waals surface area (Å²) in [6, 6.07) is 6.01. The topological polar surface area (TPSA) is 52.2 Å². The second-order valence-corrected chi connectivity index (χ2v) is 7.87. The van der Waals surface area contributed by atoms with Crippen molar-refractivity contribution in [3.8, 4) is 0 Å². The van der Waals surface area contributed by atoms with Crippen LogP contribution in [0.5, 0.6) is 0 Å². The fourth-order valence-electron chi connectivity index (χ4n) is 4.18. The smallest absolute Gasteiger partial charge is 0.226 e. The van der Waals surface area contributed by atoms with Crippen molar-refractivity contribution < 1.29 is 4.79 Å². The van der Waals surface area contributed by atoms with Crippen LogP contribution in [-0.4, -0.2) is 47.0 Å². The molecule has 1 saturated heterocycles. The Balaban J connectivity index is 1.39. The molecular formula is C20H25ClN4O. The van der Waals surface area contributed by atoms with Crippen LogP contribution >= 0.6 is 11.6 Å². The Morgan fingerprint density at radius 3 is 2.77 bits per heavy atom. The summed E-state index contributed by atoms with van der Waals surface area (Å²) in [4.78, 5) is 25.2. The molecule has 1 aromatic carbocycles. The van der Waals surface area contributed by atoms with E-state index in [4.69, 9.17) is 11.6 Å². The maximum Gasteiger partial charge on any atom is 0.226 e. The molecule has 2 aromatic rings. The van der Waals surface area contributed by atoms with E-state index in [0.717, 1.165) is 67.7 Å². The van der Waals surface area contributed by atoms with Crippen LogP contribution in [0.2, 0.25) is 5.02 Å². The minimum Gasteiger partial charge on any atom is -0.368 e. The summed E-state index contributed by atoms with van der Waals surface area (Å²) in [6.45, 7) is 7.34. The molecule has 138 valence electrons. The number of hydrogen-bond acceptors (Lipinski definition) is 3. The van der Waals surface area contributed by atoms with Gasteiger partial charge in [-0.3, -0.25) is 4.79 Å². The summed E-state index contributed by atoms with van der Waals surface area (Å²) in [7, 11) is 0. The number of piperazine rings is 1. The fourth-order valence-corrected chi connectivity index (χ4v) is 4.35. The molecule has 1 aromatic heterocycles. The van der Waals surface area contributed by atoms with Crippen molar-refractivity contribution >= 4 is 23.2 Å². The number of carbonyl (C=O) groups excluding carboxylic acids is 1. The van der Waals surface area contributed by atoms with Gasteiger partial charge in [0.25, 0.3) is 0 Å². The van der Waals surface area contributed by atoms with E-state index in [0.29, 0.717) is 5.91 Å². The Labute approximate surface area is 159 Å². The van der Waals surface area contributed by atoms with Crippen LogP contribution in [0.1, 0.15) is 29.2 Å². The summed E-state index contributed by atoms with van der Waals surface area (Å²) in [5.74, 6) is 1.33. The molecule has 0 saturated carbocycles. The quantitative estimate of drug-likeness (QED) is 0.881. The number of rotatable bonds is 2. The SMILES string of the molecule is Cc1nc2c([nH]1)CC(C(=O)N1CCN(c3cc(Cl)ccc3C)CC1)CC2. The van der Waals surface area contributed by atoms with Gasteiger partial charge in [0.15, 0.2) is 0 Å². The molecule has 1 amide bonds. The van der Waals surface area contributed by atoms with Crippen LogP contribution in [0, 0.1) is 19.8 Å². The van der Waals surface area contributed by atoms with Gasteiger partial charge >= 0.3 is 0 Å².